The van der Waals surface area contributed by atoms with Crippen LogP contribution in [0.15, 0.2) is 18.6 Å². The highest BCUT2D eigenvalue weighted by Crippen LogP contribution is 2.35. The molecule has 4 atom stereocenters. The Bertz CT molecular complexity index is 611. The number of hydrogen-bond acceptors (Lipinski definition) is 4. The molecule has 0 aromatic carbocycles. The molecule has 0 bridgehead atoms. The molecule has 2 aromatic heterocycles. The first-order valence-electron chi connectivity index (χ1n) is 5.64. The van der Waals surface area contributed by atoms with Crippen LogP contribution in [0.4, 0.5) is 4.39 Å². The molecule has 0 amide bonds. The van der Waals surface area contributed by atoms with E-state index >= 15 is 0 Å². The van der Waals surface area contributed by atoms with E-state index in [1.54, 1.807) is 16.8 Å². The van der Waals surface area contributed by atoms with Crippen LogP contribution in [0.1, 0.15) is 6.23 Å². The van der Waals surface area contributed by atoms with E-state index in [0.717, 1.165) is 0 Å². The highest BCUT2D eigenvalue weighted by molar-refractivity contribution is 14.1. The minimum atomic E-state index is -1.50. The Morgan fingerprint density at radius 3 is 3.00 bits per heavy atom. The molecule has 1 aliphatic heterocycles. The molecule has 0 saturated carbocycles. The molecule has 1 saturated heterocycles. The Balaban J connectivity index is 2.04. The Morgan fingerprint density at radius 1 is 1.53 bits per heavy atom. The topological polar surface area (TPSA) is 60.2 Å². The van der Waals surface area contributed by atoms with Gasteiger partial charge in [0.15, 0.2) is 12.4 Å². The number of halogens is 3. The summed E-state index contributed by atoms with van der Waals surface area (Å²) in [5.41, 5.74) is 0.494. The van der Waals surface area contributed by atoms with Gasteiger partial charge in [0.25, 0.3) is 0 Å². The van der Waals surface area contributed by atoms with Gasteiger partial charge in [0.05, 0.1) is 11.5 Å². The molecule has 8 heteroatoms. The van der Waals surface area contributed by atoms with E-state index in [1.165, 1.54) is 6.33 Å². The number of rotatable bonds is 2. The van der Waals surface area contributed by atoms with Gasteiger partial charge in [-0.1, -0.05) is 34.2 Å². The van der Waals surface area contributed by atoms with Crippen molar-refractivity contribution in [1.29, 1.82) is 0 Å². The van der Waals surface area contributed by atoms with Gasteiger partial charge in [-0.2, -0.15) is 0 Å². The van der Waals surface area contributed by atoms with Crippen molar-refractivity contribution >= 4 is 45.2 Å². The first-order chi connectivity index (χ1) is 9.13. The number of ether oxygens (including phenoxy) is 1. The van der Waals surface area contributed by atoms with Crippen molar-refractivity contribution in [3.05, 3.63) is 23.7 Å². The molecular weight excluding hydrogens is 387 g/mol. The Labute approximate surface area is 126 Å². The van der Waals surface area contributed by atoms with Crippen molar-refractivity contribution < 1.29 is 14.2 Å². The third-order valence-corrected chi connectivity index (χ3v) is 4.35. The molecular formula is C11H10ClFIN3O2. The molecule has 3 heterocycles. The van der Waals surface area contributed by atoms with Crippen molar-refractivity contribution in [2.75, 3.05) is 4.43 Å². The molecule has 1 fully saturated rings. The molecule has 1 N–H and O–H groups in total. The molecule has 1 aliphatic rings. The fourth-order valence-corrected chi connectivity index (χ4v) is 3.12. The van der Waals surface area contributed by atoms with Gasteiger partial charge in [-0.3, -0.25) is 0 Å². The number of aliphatic hydroxyl groups is 1. The fraction of sp³-hybridized carbons (Fsp3) is 0.455. The second-order valence-corrected chi connectivity index (χ2v) is 5.52. The summed E-state index contributed by atoms with van der Waals surface area (Å²) >= 11 is 8.01. The SMILES string of the molecule is O[C@H]1[C@@H](F)[C@H](n2ccc3c(Cl)ncnc32)O[C@@H]1CI. The monoisotopic (exact) mass is 397 g/mol. The van der Waals surface area contributed by atoms with Gasteiger partial charge in [0.1, 0.15) is 23.2 Å². The lowest BCUT2D eigenvalue weighted by molar-refractivity contribution is -0.0101. The van der Waals surface area contributed by atoms with E-state index in [9.17, 15) is 9.50 Å². The fourth-order valence-electron chi connectivity index (χ4n) is 2.20. The summed E-state index contributed by atoms with van der Waals surface area (Å²) in [6.45, 7) is 0. The zero-order valence-corrected chi connectivity index (χ0v) is 12.5. The second-order valence-electron chi connectivity index (χ2n) is 4.28. The van der Waals surface area contributed by atoms with Crippen molar-refractivity contribution in [3.63, 3.8) is 0 Å². The Hall–Kier alpha value is -0.510. The summed E-state index contributed by atoms with van der Waals surface area (Å²) in [6.07, 6.45) is -1.07. The van der Waals surface area contributed by atoms with Gasteiger partial charge in [-0.25, -0.2) is 14.4 Å². The lowest BCUT2D eigenvalue weighted by Gasteiger charge is -2.15. The van der Waals surface area contributed by atoms with Crippen LogP contribution >= 0.6 is 34.2 Å². The number of alkyl halides is 2. The van der Waals surface area contributed by atoms with Crippen molar-refractivity contribution in [2.45, 2.75) is 24.6 Å². The molecule has 0 radical (unpaired) electrons. The third-order valence-electron chi connectivity index (χ3n) is 3.18. The normalized spacial score (nSPS) is 31.2. The molecule has 19 heavy (non-hydrogen) atoms. The van der Waals surface area contributed by atoms with Crippen LogP contribution in [0.3, 0.4) is 0 Å². The highest BCUT2D eigenvalue weighted by Gasteiger charge is 2.44. The maximum absolute atomic E-state index is 14.1. The average Bonchev–Trinajstić information content (AvgIpc) is 2.94. The average molecular weight is 398 g/mol. The number of fused-ring (bicyclic) bond motifs is 1. The summed E-state index contributed by atoms with van der Waals surface area (Å²) in [4.78, 5) is 7.96. The van der Waals surface area contributed by atoms with Crippen LogP contribution in [0.25, 0.3) is 11.0 Å². The molecule has 102 valence electrons. The smallest absolute Gasteiger partial charge is 0.173 e. The van der Waals surface area contributed by atoms with Crippen molar-refractivity contribution in [1.82, 2.24) is 14.5 Å². The largest absolute Gasteiger partial charge is 0.387 e. The summed E-state index contributed by atoms with van der Waals surface area (Å²) in [5, 5.41) is 10.7. The zero-order valence-electron chi connectivity index (χ0n) is 9.58. The summed E-state index contributed by atoms with van der Waals surface area (Å²) in [7, 11) is 0. The van der Waals surface area contributed by atoms with Crippen LogP contribution in [0, 0.1) is 0 Å². The van der Waals surface area contributed by atoms with Gasteiger partial charge in [0.2, 0.25) is 0 Å². The van der Waals surface area contributed by atoms with Gasteiger partial charge in [-0.05, 0) is 6.07 Å². The van der Waals surface area contributed by atoms with E-state index in [2.05, 4.69) is 32.6 Å². The van der Waals surface area contributed by atoms with Crippen LogP contribution in [0.5, 0.6) is 0 Å². The highest BCUT2D eigenvalue weighted by atomic mass is 127. The molecule has 2 aromatic rings. The van der Waals surface area contributed by atoms with Gasteiger partial charge >= 0.3 is 0 Å². The molecule has 5 nitrogen and oxygen atoms in total. The van der Waals surface area contributed by atoms with E-state index in [0.29, 0.717) is 20.6 Å². The maximum Gasteiger partial charge on any atom is 0.173 e. The van der Waals surface area contributed by atoms with Crippen LogP contribution in [-0.2, 0) is 4.74 Å². The van der Waals surface area contributed by atoms with E-state index < -0.39 is 24.6 Å². The quantitative estimate of drug-likeness (QED) is 0.479. The molecule has 3 rings (SSSR count). The number of aromatic nitrogens is 3. The number of hydrogen-bond donors (Lipinski definition) is 1. The lowest BCUT2D eigenvalue weighted by Crippen LogP contribution is -2.29. The predicted molar refractivity (Wildman–Crippen MR) is 76.2 cm³/mol. The van der Waals surface area contributed by atoms with Crippen LogP contribution in [0.2, 0.25) is 5.15 Å². The molecule has 0 spiro atoms. The van der Waals surface area contributed by atoms with Gasteiger partial charge < -0.3 is 14.4 Å². The van der Waals surface area contributed by atoms with Crippen LogP contribution < -0.4 is 0 Å². The van der Waals surface area contributed by atoms with Gasteiger partial charge in [-0.15, -0.1) is 0 Å². The van der Waals surface area contributed by atoms with Gasteiger partial charge in [0, 0.05) is 10.6 Å². The number of aliphatic hydroxyl groups excluding tert-OH is 1. The molecule has 0 aliphatic carbocycles. The standard InChI is InChI=1S/C11H10ClFIN3O2/c12-9-5-1-2-17(10(5)16-4-15-9)11-7(13)8(18)6(3-14)19-11/h1-2,4,6-8,11,18H,3H2/t6-,7-,8-,11-/m1/s1. The third kappa shape index (κ3) is 2.12. The maximum atomic E-state index is 14.1. The predicted octanol–water partition coefficient (Wildman–Crippen LogP) is 2.12. The van der Waals surface area contributed by atoms with Crippen LogP contribution in [-0.4, -0.2) is 42.4 Å². The summed E-state index contributed by atoms with van der Waals surface area (Å²) in [6, 6.07) is 1.71. The van der Waals surface area contributed by atoms with E-state index in [4.69, 9.17) is 16.3 Å². The van der Waals surface area contributed by atoms with Crippen molar-refractivity contribution in [3.8, 4) is 0 Å². The lowest BCUT2D eigenvalue weighted by atomic mass is 10.2. The first-order valence-corrected chi connectivity index (χ1v) is 7.54. The summed E-state index contributed by atoms with van der Waals surface area (Å²) < 4.78 is 21.8. The van der Waals surface area contributed by atoms with E-state index in [1.807, 2.05) is 0 Å². The zero-order chi connectivity index (χ0) is 13.6. The Morgan fingerprint density at radius 2 is 2.32 bits per heavy atom. The van der Waals surface area contributed by atoms with Crippen molar-refractivity contribution in [2.24, 2.45) is 0 Å². The second kappa shape index (κ2) is 5.12. The minimum absolute atomic E-state index is 0.308. The number of nitrogens with zero attached hydrogens (tertiary/aromatic N) is 3. The molecule has 0 unspecified atom stereocenters. The Kier molecular flexibility index (Phi) is 3.63. The van der Waals surface area contributed by atoms with E-state index in [-0.39, 0.29) is 0 Å². The summed E-state index contributed by atoms with van der Waals surface area (Å²) in [5.74, 6) is 0. The first kappa shape index (κ1) is 13.5. The minimum Gasteiger partial charge on any atom is -0.387 e.